The van der Waals surface area contributed by atoms with Crippen molar-refractivity contribution >= 4 is 15.8 Å². The highest BCUT2D eigenvalue weighted by Crippen LogP contribution is 2.34. The van der Waals surface area contributed by atoms with E-state index in [1.165, 1.54) is 10.9 Å². The van der Waals surface area contributed by atoms with Gasteiger partial charge in [-0.2, -0.15) is 0 Å². The smallest absolute Gasteiger partial charge is 0.257 e. The monoisotopic (exact) mass is 483 g/mol. The van der Waals surface area contributed by atoms with Crippen LogP contribution < -0.4 is 10.3 Å². The molecule has 1 aromatic heterocycles. The number of benzene rings is 2. The lowest BCUT2D eigenvalue weighted by Crippen LogP contribution is -2.54. The fraction of sp³-hybridized carbons (Fsp3) is 0.320. The maximum atomic E-state index is 15.3. The molecule has 3 aromatic rings. The molecule has 1 N–H and O–H groups in total. The summed E-state index contributed by atoms with van der Waals surface area (Å²) in [6.45, 7) is 3.59. The van der Waals surface area contributed by atoms with E-state index in [1.807, 2.05) is 54.6 Å². The minimum Gasteiger partial charge on any atom is -0.296 e. The molecule has 178 valence electrons. The SMILES string of the molecule is CC(C)n1cnc2c(c1=O)C(Cc1cccc(-c3ccccc3)c1)C(NS(C)(=O)=O)C(F)C2=O. The second kappa shape index (κ2) is 9.23. The standard InChI is InChI=1S/C25H26FN3O4S/c1-15(2)29-14-27-23-20(25(29)31)19(22(21(26)24(23)30)28-34(3,32)33)13-16-8-7-11-18(12-16)17-9-5-4-6-10-17/h4-12,14-15,19,21-22,28H,13H2,1-3H3. The fourth-order valence-corrected chi connectivity index (χ4v) is 5.22. The third-order valence-corrected chi connectivity index (χ3v) is 6.73. The van der Waals surface area contributed by atoms with Crippen LogP contribution in [0.2, 0.25) is 0 Å². The van der Waals surface area contributed by atoms with Crippen molar-refractivity contribution in [3.05, 3.63) is 88.1 Å². The Morgan fingerprint density at radius 2 is 1.74 bits per heavy atom. The van der Waals surface area contributed by atoms with E-state index >= 15 is 4.39 Å². The number of fused-ring (bicyclic) bond motifs is 1. The molecule has 2 aromatic carbocycles. The van der Waals surface area contributed by atoms with Gasteiger partial charge in [0, 0.05) is 12.0 Å². The number of sulfonamides is 1. The molecule has 3 unspecified atom stereocenters. The van der Waals surface area contributed by atoms with Gasteiger partial charge in [-0.3, -0.25) is 14.2 Å². The minimum absolute atomic E-state index is 0.0429. The van der Waals surface area contributed by atoms with Gasteiger partial charge in [-0.15, -0.1) is 0 Å². The molecule has 0 aliphatic heterocycles. The molecule has 3 atom stereocenters. The summed E-state index contributed by atoms with van der Waals surface area (Å²) in [6.07, 6.45) is 0.135. The van der Waals surface area contributed by atoms with Crippen LogP contribution in [0, 0.1) is 0 Å². The van der Waals surface area contributed by atoms with Crippen molar-refractivity contribution in [2.24, 2.45) is 0 Å². The van der Waals surface area contributed by atoms with Crippen molar-refractivity contribution in [3.8, 4) is 11.1 Å². The Hall–Kier alpha value is -3.17. The van der Waals surface area contributed by atoms with E-state index in [0.717, 1.165) is 22.9 Å². The summed E-state index contributed by atoms with van der Waals surface area (Å²) in [4.78, 5) is 30.3. The number of hydrogen-bond donors (Lipinski definition) is 1. The lowest BCUT2D eigenvalue weighted by molar-refractivity contribution is 0.0798. The van der Waals surface area contributed by atoms with Gasteiger partial charge in [0.1, 0.15) is 5.69 Å². The Balaban J connectivity index is 1.86. The van der Waals surface area contributed by atoms with Crippen molar-refractivity contribution in [2.75, 3.05) is 6.26 Å². The molecular formula is C25H26FN3O4S. The molecule has 34 heavy (non-hydrogen) atoms. The van der Waals surface area contributed by atoms with Crippen LogP contribution in [0.5, 0.6) is 0 Å². The summed E-state index contributed by atoms with van der Waals surface area (Å²) >= 11 is 0. The van der Waals surface area contributed by atoms with Crippen LogP contribution in [0.15, 0.2) is 65.7 Å². The molecule has 0 saturated heterocycles. The zero-order valence-electron chi connectivity index (χ0n) is 19.1. The van der Waals surface area contributed by atoms with E-state index in [0.29, 0.717) is 0 Å². The van der Waals surface area contributed by atoms with Crippen molar-refractivity contribution in [3.63, 3.8) is 0 Å². The Labute approximate surface area is 197 Å². The van der Waals surface area contributed by atoms with Gasteiger partial charge in [0.25, 0.3) is 5.56 Å². The average molecular weight is 484 g/mol. The largest absolute Gasteiger partial charge is 0.296 e. The van der Waals surface area contributed by atoms with E-state index in [2.05, 4.69) is 9.71 Å². The number of ketones is 1. The van der Waals surface area contributed by atoms with Gasteiger partial charge < -0.3 is 0 Å². The van der Waals surface area contributed by atoms with Crippen molar-refractivity contribution in [2.45, 2.75) is 44.4 Å². The molecule has 0 saturated carbocycles. The number of carbonyl (C=O) groups is 1. The first kappa shape index (κ1) is 24.0. The summed E-state index contributed by atoms with van der Waals surface area (Å²) in [5.74, 6) is -1.91. The summed E-state index contributed by atoms with van der Waals surface area (Å²) in [5, 5.41) is 0. The number of halogens is 1. The number of nitrogens with one attached hydrogen (secondary N) is 1. The zero-order valence-corrected chi connectivity index (χ0v) is 19.9. The second-order valence-electron chi connectivity index (χ2n) is 8.87. The Kier molecular flexibility index (Phi) is 6.51. The number of hydrogen-bond acceptors (Lipinski definition) is 5. The van der Waals surface area contributed by atoms with E-state index in [1.54, 1.807) is 13.8 Å². The van der Waals surface area contributed by atoms with E-state index in [4.69, 9.17) is 0 Å². The lowest BCUT2D eigenvalue weighted by atomic mass is 9.77. The number of nitrogens with zero attached hydrogens (tertiary/aromatic N) is 2. The van der Waals surface area contributed by atoms with Crippen LogP contribution in [0.4, 0.5) is 4.39 Å². The Morgan fingerprint density at radius 3 is 2.38 bits per heavy atom. The van der Waals surface area contributed by atoms with Crippen molar-refractivity contribution in [1.29, 1.82) is 0 Å². The quantitative estimate of drug-likeness (QED) is 0.580. The predicted octanol–water partition coefficient (Wildman–Crippen LogP) is 3.27. The average Bonchev–Trinajstić information content (AvgIpc) is 2.79. The Morgan fingerprint density at radius 1 is 1.06 bits per heavy atom. The Bertz CT molecular complexity index is 1390. The van der Waals surface area contributed by atoms with Crippen molar-refractivity contribution in [1.82, 2.24) is 14.3 Å². The second-order valence-corrected chi connectivity index (χ2v) is 10.7. The number of alkyl halides is 1. The predicted molar refractivity (Wildman–Crippen MR) is 128 cm³/mol. The third-order valence-electron chi connectivity index (χ3n) is 6.03. The normalized spacial score (nSPS) is 20.4. The first-order valence-corrected chi connectivity index (χ1v) is 12.9. The topological polar surface area (TPSA) is 98.1 Å². The molecule has 0 radical (unpaired) electrons. The number of aromatic nitrogens is 2. The van der Waals surface area contributed by atoms with Crippen LogP contribution in [-0.4, -0.2) is 42.2 Å². The first-order valence-electron chi connectivity index (χ1n) is 11.0. The molecule has 0 spiro atoms. The number of carbonyl (C=O) groups excluding carboxylic acids is 1. The molecule has 0 amide bonds. The molecule has 4 rings (SSSR count). The van der Waals surface area contributed by atoms with Gasteiger partial charge in [0.2, 0.25) is 15.8 Å². The minimum atomic E-state index is -3.87. The lowest BCUT2D eigenvalue weighted by Gasteiger charge is -2.34. The van der Waals surface area contributed by atoms with Gasteiger partial charge in [-0.05, 0) is 37.0 Å². The number of Topliss-reactive ketones (excluding diaryl/α,β-unsaturated/α-hetero) is 1. The first-order chi connectivity index (χ1) is 16.1. The summed E-state index contributed by atoms with van der Waals surface area (Å²) < 4.78 is 43.1. The maximum Gasteiger partial charge on any atom is 0.257 e. The molecule has 7 nitrogen and oxygen atoms in total. The van der Waals surface area contributed by atoms with Crippen molar-refractivity contribution < 1.29 is 17.6 Å². The highest BCUT2D eigenvalue weighted by atomic mass is 32.2. The molecule has 1 aliphatic carbocycles. The fourth-order valence-electron chi connectivity index (χ4n) is 4.44. The van der Waals surface area contributed by atoms with E-state index in [9.17, 15) is 18.0 Å². The van der Waals surface area contributed by atoms with E-state index < -0.39 is 39.5 Å². The molecule has 9 heteroatoms. The van der Waals surface area contributed by atoms with Gasteiger partial charge in [0.05, 0.1) is 24.2 Å². The maximum absolute atomic E-state index is 15.3. The van der Waals surface area contributed by atoms with Crippen LogP contribution in [0.25, 0.3) is 11.1 Å². The molecule has 0 fully saturated rings. The number of rotatable bonds is 6. The van der Waals surface area contributed by atoms with Crippen LogP contribution in [0.3, 0.4) is 0 Å². The van der Waals surface area contributed by atoms with Gasteiger partial charge in [-0.1, -0.05) is 54.6 Å². The van der Waals surface area contributed by atoms with Gasteiger partial charge in [-0.25, -0.2) is 22.5 Å². The van der Waals surface area contributed by atoms with Gasteiger partial charge in [0.15, 0.2) is 6.17 Å². The highest BCUT2D eigenvalue weighted by Gasteiger charge is 2.46. The summed E-state index contributed by atoms with van der Waals surface area (Å²) in [6, 6.07) is 15.6. The summed E-state index contributed by atoms with van der Waals surface area (Å²) in [5.41, 5.74) is 2.04. The van der Waals surface area contributed by atoms with Crippen LogP contribution >= 0.6 is 0 Å². The third kappa shape index (κ3) is 4.71. The highest BCUT2D eigenvalue weighted by molar-refractivity contribution is 7.88. The molecule has 1 heterocycles. The van der Waals surface area contributed by atoms with Crippen LogP contribution in [0.1, 0.15) is 47.4 Å². The molecule has 1 aliphatic rings. The molecule has 0 bridgehead atoms. The molecular weight excluding hydrogens is 457 g/mol. The van der Waals surface area contributed by atoms with Gasteiger partial charge >= 0.3 is 0 Å². The summed E-state index contributed by atoms with van der Waals surface area (Å²) in [7, 11) is -3.87. The van der Waals surface area contributed by atoms with Crippen LogP contribution in [-0.2, 0) is 16.4 Å². The van der Waals surface area contributed by atoms with E-state index in [-0.39, 0.29) is 23.7 Å². The zero-order chi connectivity index (χ0) is 24.6.